The first-order valence-electron chi connectivity index (χ1n) is 11.9. The van der Waals surface area contributed by atoms with Gasteiger partial charge < -0.3 is 14.4 Å². The molecule has 0 unspecified atom stereocenters. The Labute approximate surface area is 191 Å². The van der Waals surface area contributed by atoms with Gasteiger partial charge in [0.25, 0.3) is 0 Å². The monoisotopic (exact) mass is 455 g/mol. The SMILES string of the molecule is CCOCCN(CCOCC)c1ccc(CCCCCCCS(=O)(=O)C(C)(C)C)cc1. The highest BCUT2D eigenvalue weighted by Gasteiger charge is 2.27. The number of anilines is 1. The van der Waals surface area contributed by atoms with Crippen LogP contribution in [-0.2, 0) is 25.7 Å². The molecule has 0 fully saturated rings. The van der Waals surface area contributed by atoms with Crippen LogP contribution >= 0.6 is 0 Å². The first-order valence-corrected chi connectivity index (χ1v) is 13.6. The van der Waals surface area contributed by atoms with Crippen molar-refractivity contribution >= 4 is 15.5 Å². The Morgan fingerprint density at radius 2 is 1.32 bits per heavy atom. The van der Waals surface area contributed by atoms with E-state index < -0.39 is 14.6 Å². The quantitative estimate of drug-likeness (QED) is 0.299. The molecule has 1 rings (SSSR count). The van der Waals surface area contributed by atoms with Gasteiger partial charge in [-0.25, -0.2) is 8.42 Å². The summed E-state index contributed by atoms with van der Waals surface area (Å²) in [5, 5.41) is 0. The molecule has 0 aliphatic heterocycles. The van der Waals surface area contributed by atoms with Gasteiger partial charge in [-0.15, -0.1) is 0 Å². The zero-order valence-electron chi connectivity index (χ0n) is 20.5. The number of benzene rings is 1. The molecule has 0 heterocycles. The highest BCUT2D eigenvalue weighted by atomic mass is 32.2. The molecule has 0 amide bonds. The molecule has 1 aromatic rings. The van der Waals surface area contributed by atoms with E-state index in [9.17, 15) is 8.42 Å². The number of unbranched alkanes of at least 4 members (excludes halogenated alkanes) is 4. The van der Waals surface area contributed by atoms with Crippen LogP contribution in [0.1, 0.15) is 72.3 Å². The number of hydrogen-bond acceptors (Lipinski definition) is 5. The molecule has 0 aliphatic carbocycles. The van der Waals surface area contributed by atoms with Crippen LogP contribution in [0.15, 0.2) is 24.3 Å². The van der Waals surface area contributed by atoms with Gasteiger partial charge in [0.1, 0.15) is 0 Å². The van der Waals surface area contributed by atoms with Crippen LogP contribution in [0.5, 0.6) is 0 Å². The van der Waals surface area contributed by atoms with E-state index in [0.717, 1.165) is 78.0 Å². The minimum absolute atomic E-state index is 0.307. The summed E-state index contributed by atoms with van der Waals surface area (Å²) in [5.41, 5.74) is 2.57. The zero-order valence-corrected chi connectivity index (χ0v) is 21.3. The molecule has 31 heavy (non-hydrogen) atoms. The molecule has 0 bridgehead atoms. The molecule has 0 spiro atoms. The number of rotatable bonds is 17. The summed E-state index contributed by atoms with van der Waals surface area (Å²) >= 11 is 0. The van der Waals surface area contributed by atoms with E-state index >= 15 is 0 Å². The van der Waals surface area contributed by atoms with Crippen molar-refractivity contribution in [2.75, 3.05) is 50.2 Å². The summed E-state index contributed by atoms with van der Waals surface area (Å²) in [7, 11) is -2.98. The van der Waals surface area contributed by atoms with Crippen LogP contribution in [0, 0.1) is 0 Å². The van der Waals surface area contributed by atoms with Crippen LogP contribution in [-0.4, -0.2) is 58.4 Å². The van der Waals surface area contributed by atoms with E-state index in [1.807, 2.05) is 13.8 Å². The lowest BCUT2D eigenvalue weighted by molar-refractivity contribution is 0.141. The zero-order chi connectivity index (χ0) is 23.2. The summed E-state index contributed by atoms with van der Waals surface area (Å²) in [6.45, 7) is 14.1. The second-order valence-electron chi connectivity index (χ2n) is 9.00. The smallest absolute Gasteiger partial charge is 0.155 e. The second kappa shape index (κ2) is 14.9. The van der Waals surface area contributed by atoms with Gasteiger partial charge in [0, 0.05) is 32.0 Å². The normalized spacial score (nSPS) is 12.3. The van der Waals surface area contributed by atoms with Gasteiger partial charge in [0.2, 0.25) is 0 Å². The minimum Gasteiger partial charge on any atom is -0.380 e. The van der Waals surface area contributed by atoms with Crippen LogP contribution in [0.25, 0.3) is 0 Å². The van der Waals surface area contributed by atoms with Crippen molar-refractivity contribution in [2.45, 2.75) is 77.9 Å². The lowest BCUT2D eigenvalue weighted by Gasteiger charge is -2.25. The number of hydrogen-bond donors (Lipinski definition) is 0. The maximum atomic E-state index is 12.1. The first kappa shape index (κ1) is 27.9. The fourth-order valence-electron chi connectivity index (χ4n) is 3.34. The fourth-order valence-corrected chi connectivity index (χ4v) is 4.54. The molecule has 0 N–H and O–H groups in total. The van der Waals surface area contributed by atoms with Crippen LogP contribution in [0.3, 0.4) is 0 Å². The molecule has 0 aliphatic rings. The van der Waals surface area contributed by atoms with E-state index in [4.69, 9.17) is 9.47 Å². The molecule has 6 heteroatoms. The Morgan fingerprint density at radius 3 is 1.84 bits per heavy atom. The maximum Gasteiger partial charge on any atom is 0.155 e. The predicted molar refractivity (Wildman–Crippen MR) is 132 cm³/mol. The number of aryl methyl sites for hydroxylation is 1. The average molecular weight is 456 g/mol. The van der Waals surface area contributed by atoms with E-state index in [1.165, 1.54) is 11.3 Å². The van der Waals surface area contributed by atoms with Crippen molar-refractivity contribution in [2.24, 2.45) is 0 Å². The molecule has 0 aromatic heterocycles. The van der Waals surface area contributed by atoms with Crippen LogP contribution < -0.4 is 4.90 Å². The van der Waals surface area contributed by atoms with E-state index in [1.54, 1.807) is 20.8 Å². The van der Waals surface area contributed by atoms with Crippen molar-refractivity contribution in [3.8, 4) is 0 Å². The Kier molecular flexibility index (Phi) is 13.4. The van der Waals surface area contributed by atoms with Crippen LogP contribution in [0.4, 0.5) is 5.69 Å². The standard InChI is InChI=1S/C25H45NO4S/c1-6-29-20-18-26(19-21-30-7-2)24-16-14-23(15-17-24)13-11-9-8-10-12-22-31(27,28)25(3,4)5/h14-17H,6-13,18-22H2,1-5H3. The van der Waals surface area contributed by atoms with Crippen molar-refractivity contribution in [1.82, 2.24) is 0 Å². The van der Waals surface area contributed by atoms with Gasteiger partial charge in [-0.2, -0.15) is 0 Å². The Hall–Kier alpha value is -1.11. The lowest BCUT2D eigenvalue weighted by Crippen LogP contribution is -2.31. The maximum absolute atomic E-state index is 12.1. The summed E-state index contributed by atoms with van der Waals surface area (Å²) in [4.78, 5) is 2.32. The van der Waals surface area contributed by atoms with Crippen molar-refractivity contribution in [3.05, 3.63) is 29.8 Å². The van der Waals surface area contributed by atoms with Gasteiger partial charge in [-0.1, -0.05) is 31.4 Å². The highest BCUT2D eigenvalue weighted by molar-refractivity contribution is 7.92. The third kappa shape index (κ3) is 11.4. The lowest BCUT2D eigenvalue weighted by atomic mass is 10.1. The molecule has 180 valence electrons. The molecule has 1 aromatic carbocycles. The topological polar surface area (TPSA) is 55.8 Å². The third-order valence-electron chi connectivity index (χ3n) is 5.53. The first-order chi connectivity index (χ1) is 14.7. The van der Waals surface area contributed by atoms with Gasteiger partial charge in [-0.3, -0.25) is 0 Å². The van der Waals surface area contributed by atoms with E-state index in [-0.39, 0.29) is 0 Å². The van der Waals surface area contributed by atoms with Gasteiger partial charge in [0.15, 0.2) is 9.84 Å². The molecule has 0 saturated heterocycles. The predicted octanol–water partition coefficient (Wildman–Crippen LogP) is 5.27. The molecular formula is C25H45NO4S. The number of sulfone groups is 1. The van der Waals surface area contributed by atoms with E-state index in [0.29, 0.717) is 5.75 Å². The number of ether oxygens (including phenoxy) is 2. The minimum atomic E-state index is -2.98. The highest BCUT2D eigenvalue weighted by Crippen LogP contribution is 2.19. The molecule has 0 radical (unpaired) electrons. The summed E-state index contributed by atoms with van der Waals surface area (Å²) in [6.07, 6.45) is 6.21. The Balaban J connectivity index is 2.35. The summed E-state index contributed by atoms with van der Waals surface area (Å²) < 4.78 is 34.7. The molecule has 0 saturated carbocycles. The van der Waals surface area contributed by atoms with Crippen LogP contribution in [0.2, 0.25) is 0 Å². The van der Waals surface area contributed by atoms with E-state index in [2.05, 4.69) is 29.2 Å². The Bertz CT molecular complexity index is 670. The van der Waals surface area contributed by atoms with Crippen molar-refractivity contribution < 1.29 is 17.9 Å². The Morgan fingerprint density at radius 1 is 0.806 bits per heavy atom. The third-order valence-corrected chi connectivity index (χ3v) is 8.22. The second-order valence-corrected chi connectivity index (χ2v) is 11.9. The summed E-state index contributed by atoms with van der Waals surface area (Å²) in [6, 6.07) is 8.84. The van der Waals surface area contributed by atoms with Gasteiger partial charge >= 0.3 is 0 Å². The molecular weight excluding hydrogens is 410 g/mol. The molecule has 5 nitrogen and oxygen atoms in total. The van der Waals surface area contributed by atoms with Gasteiger partial charge in [-0.05, 0) is 71.6 Å². The number of nitrogens with zero attached hydrogens (tertiary/aromatic N) is 1. The van der Waals surface area contributed by atoms with Crippen molar-refractivity contribution in [3.63, 3.8) is 0 Å². The average Bonchev–Trinajstić information content (AvgIpc) is 2.72. The molecule has 0 atom stereocenters. The largest absolute Gasteiger partial charge is 0.380 e. The fraction of sp³-hybridized carbons (Fsp3) is 0.760. The van der Waals surface area contributed by atoms with Gasteiger partial charge in [0.05, 0.1) is 23.7 Å². The van der Waals surface area contributed by atoms with Crippen molar-refractivity contribution in [1.29, 1.82) is 0 Å². The summed E-state index contributed by atoms with van der Waals surface area (Å²) in [5.74, 6) is 0.307.